The van der Waals surface area contributed by atoms with Gasteiger partial charge in [-0.3, -0.25) is 0 Å². The van der Waals surface area contributed by atoms with E-state index in [1.165, 1.54) is 5.56 Å². The van der Waals surface area contributed by atoms with Gasteiger partial charge in [0.05, 0.1) is 12.6 Å². The zero-order valence-corrected chi connectivity index (χ0v) is 9.43. The Labute approximate surface area is 87.1 Å². The molecular formula is C10H14BrNO. The first kappa shape index (κ1) is 10.7. The van der Waals surface area contributed by atoms with Gasteiger partial charge >= 0.3 is 0 Å². The molecule has 1 rings (SSSR count). The van der Waals surface area contributed by atoms with Crippen molar-refractivity contribution >= 4 is 15.9 Å². The lowest BCUT2D eigenvalue weighted by atomic mass is 10.1. The van der Waals surface area contributed by atoms with Crippen molar-refractivity contribution in [3.8, 4) is 0 Å². The van der Waals surface area contributed by atoms with Gasteiger partial charge in [0.25, 0.3) is 0 Å². The van der Waals surface area contributed by atoms with Crippen LogP contribution in [0.3, 0.4) is 0 Å². The van der Waals surface area contributed by atoms with Gasteiger partial charge < -0.3 is 10.4 Å². The summed E-state index contributed by atoms with van der Waals surface area (Å²) in [6, 6.07) is 6.12. The maximum absolute atomic E-state index is 9.07. The van der Waals surface area contributed by atoms with Crippen LogP contribution in [-0.4, -0.2) is 18.8 Å². The largest absolute Gasteiger partial charge is 0.394 e. The molecule has 0 aromatic heterocycles. The summed E-state index contributed by atoms with van der Waals surface area (Å²) in [6.45, 7) is 2.16. The Morgan fingerprint density at radius 2 is 2.23 bits per heavy atom. The van der Waals surface area contributed by atoms with Crippen molar-refractivity contribution in [1.29, 1.82) is 0 Å². The van der Waals surface area contributed by atoms with Crippen LogP contribution in [-0.2, 0) is 0 Å². The van der Waals surface area contributed by atoms with Gasteiger partial charge in [-0.1, -0.05) is 28.1 Å². The van der Waals surface area contributed by atoms with Gasteiger partial charge in [0.2, 0.25) is 0 Å². The second-order valence-corrected chi connectivity index (χ2v) is 3.89. The molecule has 0 heterocycles. The van der Waals surface area contributed by atoms with Crippen molar-refractivity contribution in [1.82, 2.24) is 5.32 Å². The lowest BCUT2D eigenvalue weighted by Gasteiger charge is -2.14. The van der Waals surface area contributed by atoms with Crippen LogP contribution in [0.2, 0.25) is 0 Å². The van der Waals surface area contributed by atoms with Crippen LogP contribution in [0.4, 0.5) is 0 Å². The highest BCUT2D eigenvalue weighted by Gasteiger charge is 2.07. The first-order chi connectivity index (χ1) is 6.19. The summed E-state index contributed by atoms with van der Waals surface area (Å²) in [7, 11) is 1.85. The number of aliphatic hydroxyl groups excluding tert-OH is 1. The monoisotopic (exact) mass is 243 g/mol. The third kappa shape index (κ3) is 2.53. The second-order valence-electron chi connectivity index (χ2n) is 3.03. The van der Waals surface area contributed by atoms with E-state index in [-0.39, 0.29) is 12.6 Å². The molecule has 0 saturated carbocycles. The number of rotatable bonds is 3. The van der Waals surface area contributed by atoms with E-state index >= 15 is 0 Å². The van der Waals surface area contributed by atoms with E-state index in [0.717, 1.165) is 10.0 Å². The standard InChI is InChI=1S/C10H14BrNO/c1-7-5-8(3-4-9(7)11)10(6-13)12-2/h3-5,10,12-13H,6H2,1-2H3/t10-/m1/s1. The van der Waals surface area contributed by atoms with Gasteiger partial charge in [-0.2, -0.15) is 0 Å². The van der Waals surface area contributed by atoms with Gasteiger partial charge in [0, 0.05) is 4.47 Å². The van der Waals surface area contributed by atoms with Crippen LogP contribution in [0.25, 0.3) is 0 Å². The van der Waals surface area contributed by atoms with E-state index in [0.29, 0.717) is 0 Å². The minimum atomic E-state index is 0.0341. The van der Waals surface area contributed by atoms with E-state index in [1.54, 1.807) is 0 Å². The van der Waals surface area contributed by atoms with Crippen LogP contribution in [0.15, 0.2) is 22.7 Å². The maximum atomic E-state index is 9.07. The quantitative estimate of drug-likeness (QED) is 0.852. The summed E-state index contributed by atoms with van der Waals surface area (Å²) in [5.41, 5.74) is 2.30. The van der Waals surface area contributed by atoms with E-state index in [4.69, 9.17) is 5.11 Å². The zero-order chi connectivity index (χ0) is 9.84. The Bertz CT molecular complexity index is 284. The zero-order valence-electron chi connectivity index (χ0n) is 7.84. The van der Waals surface area contributed by atoms with E-state index in [1.807, 2.05) is 26.1 Å². The molecule has 0 saturated heterocycles. The van der Waals surface area contributed by atoms with E-state index < -0.39 is 0 Å². The van der Waals surface area contributed by atoms with E-state index in [2.05, 4.69) is 27.3 Å². The summed E-state index contributed by atoms with van der Waals surface area (Å²) in [5.74, 6) is 0. The van der Waals surface area contributed by atoms with Crippen molar-refractivity contribution in [2.24, 2.45) is 0 Å². The molecule has 0 fully saturated rings. The number of benzene rings is 1. The van der Waals surface area contributed by atoms with Crippen LogP contribution >= 0.6 is 15.9 Å². The molecule has 0 aliphatic heterocycles. The smallest absolute Gasteiger partial charge is 0.0626 e. The Morgan fingerprint density at radius 1 is 1.54 bits per heavy atom. The third-order valence-corrected chi connectivity index (χ3v) is 3.01. The first-order valence-corrected chi connectivity index (χ1v) is 5.02. The van der Waals surface area contributed by atoms with Crippen molar-refractivity contribution in [3.63, 3.8) is 0 Å². The molecule has 1 aromatic rings. The van der Waals surface area contributed by atoms with Crippen LogP contribution in [0, 0.1) is 6.92 Å². The van der Waals surface area contributed by atoms with Crippen LogP contribution < -0.4 is 5.32 Å². The maximum Gasteiger partial charge on any atom is 0.0626 e. The number of aryl methyl sites for hydroxylation is 1. The predicted octanol–water partition coefficient (Wildman–Crippen LogP) is 2.01. The number of aliphatic hydroxyl groups is 1. The molecule has 2 nitrogen and oxygen atoms in total. The number of likely N-dealkylation sites (N-methyl/N-ethyl adjacent to an activating group) is 1. The van der Waals surface area contributed by atoms with E-state index in [9.17, 15) is 0 Å². The normalized spacial score (nSPS) is 12.9. The van der Waals surface area contributed by atoms with Gasteiger partial charge in [0.1, 0.15) is 0 Å². The molecule has 0 aliphatic rings. The van der Waals surface area contributed by atoms with Gasteiger partial charge in [-0.25, -0.2) is 0 Å². The van der Waals surface area contributed by atoms with Crippen molar-refractivity contribution < 1.29 is 5.11 Å². The van der Waals surface area contributed by atoms with Crippen LogP contribution in [0.5, 0.6) is 0 Å². The Morgan fingerprint density at radius 3 is 2.69 bits per heavy atom. The molecule has 0 amide bonds. The summed E-state index contributed by atoms with van der Waals surface area (Å²) in [5, 5.41) is 12.1. The molecule has 0 spiro atoms. The second kappa shape index (κ2) is 4.74. The molecule has 0 bridgehead atoms. The van der Waals surface area contributed by atoms with Crippen molar-refractivity contribution in [3.05, 3.63) is 33.8 Å². The fraction of sp³-hybridized carbons (Fsp3) is 0.400. The number of nitrogens with one attached hydrogen (secondary N) is 1. The van der Waals surface area contributed by atoms with Crippen molar-refractivity contribution in [2.75, 3.05) is 13.7 Å². The SMILES string of the molecule is CN[C@H](CO)c1ccc(Br)c(C)c1. The van der Waals surface area contributed by atoms with Gasteiger partial charge in [-0.05, 0) is 31.2 Å². The summed E-state index contributed by atoms with van der Waals surface area (Å²) < 4.78 is 1.10. The first-order valence-electron chi connectivity index (χ1n) is 4.23. The lowest BCUT2D eigenvalue weighted by molar-refractivity contribution is 0.251. The Balaban J connectivity index is 2.95. The summed E-state index contributed by atoms with van der Waals surface area (Å²) in [4.78, 5) is 0. The molecule has 1 aromatic carbocycles. The Kier molecular flexibility index (Phi) is 3.90. The highest BCUT2D eigenvalue weighted by Crippen LogP contribution is 2.20. The molecule has 0 aliphatic carbocycles. The number of halogens is 1. The highest BCUT2D eigenvalue weighted by molar-refractivity contribution is 9.10. The van der Waals surface area contributed by atoms with Crippen molar-refractivity contribution in [2.45, 2.75) is 13.0 Å². The number of hydrogen-bond donors (Lipinski definition) is 2. The molecule has 3 heteroatoms. The molecule has 13 heavy (non-hydrogen) atoms. The molecular weight excluding hydrogens is 230 g/mol. The average Bonchev–Trinajstić information content (AvgIpc) is 2.13. The predicted molar refractivity (Wildman–Crippen MR) is 57.8 cm³/mol. The topological polar surface area (TPSA) is 32.3 Å². The fourth-order valence-corrected chi connectivity index (χ4v) is 1.49. The minimum Gasteiger partial charge on any atom is -0.394 e. The molecule has 1 atom stereocenters. The Hall–Kier alpha value is -0.380. The van der Waals surface area contributed by atoms with Crippen LogP contribution in [0.1, 0.15) is 17.2 Å². The summed E-state index contributed by atoms with van der Waals surface area (Å²) in [6.07, 6.45) is 0. The molecule has 0 radical (unpaired) electrons. The molecule has 2 N–H and O–H groups in total. The molecule has 0 unspecified atom stereocenters. The average molecular weight is 244 g/mol. The van der Waals surface area contributed by atoms with Gasteiger partial charge in [-0.15, -0.1) is 0 Å². The summed E-state index contributed by atoms with van der Waals surface area (Å²) >= 11 is 3.44. The molecule has 72 valence electrons. The third-order valence-electron chi connectivity index (χ3n) is 2.12. The van der Waals surface area contributed by atoms with Gasteiger partial charge in [0.15, 0.2) is 0 Å². The lowest BCUT2D eigenvalue weighted by Crippen LogP contribution is -2.19. The fourth-order valence-electron chi connectivity index (χ4n) is 1.25. The highest BCUT2D eigenvalue weighted by atomic mass is 79.9. The number of hydrogen-bond acceptors (Lipinski definition) is 2. The minimum absolute atomic E-state index is 0.0341.